The number of benzene rings is 2. The standard InChI is InChI=1S/C23H22N4O3/c28-21-10-11-22(29)27(21)17-6-4-5-15(13-17)23(30)24-16-8-9-19-18(14-16)25-20-7-2-1-3-12-26(19)20/h4-6,8-9,13-14H,1-3,7,10-12H2,(H,24,30). The Morgan fingerprint density at radius 3 is 2.60 bits per heavy atom. The van der Waals surface area contributed by atoms with Gasteiger partial charge in [0.2, 0.25) is 11.8 Å². The van der Waals surface area contributed by atoms with Gasteiger partial charge in [0.15, 0.2) is 0 Å². The van der Waals surface area contributed by atoms with Crippen molar-refractivity contribution in [2.24, 2.45) is 0 Å². The minimum Gasteiger partial charge on any atom is -0.328 e. The Labute approximate surface area is 173 Å². The van der Waals surface area contributed by atoms with E-state index in [2.05, 4.69) is 9.88 Å². The Kier molecular flexibility index (Phi) is 4.58. The summed E-state index contributed by atoms with van der Waals surface area (Å²) in [4.78, 5) is 42.7. The number of rotatable bonds is 3. The normalized spacial score (nSPS) is 16.6. The highest BCUT2D eigenvalue weighted by Crippen LogP contribution is 2.26. The van der Waals surface area contributed by atoms with Gasteiger partial charge in [-0.1, -0.05) is 12.5 Å². The molecule has 0 atom stereocenters. The summed E-state index contributed by atoms with van der Waals surface area (Å²) in [5, 5.41) is 2.91. The number of hydrogen-bond acceptors (Lipinski definition) is 4. The molecule has 1 N–H and O–H groups in total. The van der Waals surface area contributed by atoms with Crippen molar-refractivity contribution in [3.63, 3.8) is 0 Å². The Balaban J connectivity index is 1.39. The fourth-order valence-electron chi connectivity index (χ4n) is 4.28. The van der Waals surface area contributed by atoms with E-state index in [1.807, 2.05) is 18.2 Å². The quantitative estimate of drug-likeness (QED) is 0.678. The van der Waals surface area contributed by atoms with Crippen LogP contribution in [0.1, 0.15) is 48.3 Å². The smallest absolute Gasteiger partial charge is 0.255 e. The first-order chi connectivity index (χ1) is 14.6. The lowest BCUT2D eigenvalue weighted by Gasteiger charge is -2.15. The second kappa shape index (κ2) is 7.40. The van der Waals surface area contributed by atoms with Crippen molar-refractivity contribution in [3.8, 4) is 0 Å². The summed E-state index contributed by atoms with van der Waals surface area (Å²) in [5.74, 6) is 0.347. The number of aryl methyl sites for hydroxylation is 2. The maximum Gasteiger partial charge on any atom is 0.255 e. The molecule has 0 aliphatic carbocycles. The Morgan fingerprint density at radius 1 is 0.933 bits per heavy atom. The Morgan fingerprint density at radius 2 is 1.77 bits per heavy atom. The van der Waals surface area contributed by atoms with Gasteiger partial charge in [-0.05, 0) is 49.2 Å². The van der Waals surface area contributed by atoms with E-state index in [1.54, 1.807) is 24.3 Å². The SMILES string of the molecule is O=C(Nc1ccc2c(c1)nc1n2CCCCC1)c1cccc(N2C(=O)CCC2=O)c1. The third-order valence-corrected chi connectivity index (χ3v) is 5.79. The van der Waals surface area contributed by atoms with Crippen molar-refractivity contribution in [3.05, 3.63) is 53.9 Å². The van der Waals surface area contributed by atoms with Gasteiger partial charge in [0.25, 0.3) is 5.91 Å². The van der Waals surface area contributed by atoms with Crippen LogP contribution in [0.2, 0.25) is 0 Å². The highest BCUT2D eigenvalue weighted by atomic mass is 16.2. The van der Waals surface area contributed by atoms with Crippen molar-refractivity contribution >= 4 is 40.1 Å². The molecule has 0 saturated carbocycles. The molecule has 7 heteroatoms. The van der Waals surface area contributed by atoms with Crippen LogP contribution in [0.4, 0.5) is 11.4 Å². The minimum absolute atomic E-state index is 0.212. The zero-order valence-electron chi connectivity index (χ0n) is 16.6. The fraction of sp³-hybridized carbons (Fsp3) is 0.304. The minimum atomic E-state index is -0.295. The molecule has 2 aliphatic rings. The number of nitrogens with zero attached hydrogens (tertiary/aromatic N) is 3. The molecule has 5 rings (SSSR count). The number of amides is 3. The van der Waals surface area contributed by atoms with E-state index in [0.717, 1.165) is 47.6 Å². The monoisotopic (exact) mass is 402 g/mol. The average molecular weight is 402 g/mol. The van der Waals surface area contributed by atoms with Crippen LogP contribution in [0.5, 0.6) is 0 Å². The fourth-order valence-corrected chi connectivity index (χ4v) is 4.28. The number of carbonyl (C=O) groups excluding carboxylic acids is 3. The number of fused-ring (bicyclic) bond motifs is 3. The molecule has 152 valence electrons. The maximum absolute atomic E-state index is 12.8. The van der Waals surface area contributed by atoms with Gasteiger partial charge in [-0.25, -0.2) is 4.98 Å². The highest BCUT2D eigenvalue weighted by Gasteiger charge is 2.30. The van der Waals surface area contributed by atoms with Crippen LogP contribution in [-0.2, 0) is 22.6 Å². The molecule has 0 bridgehead atoms. The number of anilines is 2. The van der Waals surface area contributed by atoms with E-state index < -0.39 is 0 Å². The molecule has 1 fully saturated rings. The first-order valence-corrected chi connectivity index (χ1v) is 10.4. The lowest BCUT2D eigenvalue weighted by atomic mass is 10.1. The predicted octanol–water partition coefficient (Wildman–Crippen LogP) is 3.67. The van der Waals surface area contributed by atoms with E-state index in [-0.39, 0.29) is 30.6 Å². The van der Waals surface area contributed by atoms with Gasteiger partial charge in [-0.15, -0.1) is 0 Å². The first-order valence-electron chi connectivity index (χ1n) is 10.4. The summed E-state index contributed by atoms with van der Waals surface area (Å²) >= 11 is 0. The molecule has 0 radical (unpaired) electrons. The first kappa shape index (κ1) is 18.5. The third kappa shape index (κ3) is 3.26. The molecular formula is C23H22N4O3. The lowest BCUT2D eigenvalue weighted by molar-refractivity contribution is -0.121. The molecule has 2 aromatic carbocycles. The molecule has 3 amide bonds. The molecule has 30 heavy (non-hydrogen) atoms. The summed E-state index contributed by atoms with van der Waals surface area (Å²) in [6, 6.07) is 12.4. The maximum atomic E-state index is 12.8. The summed E-state index contributed by atoms with van der Waals surface area (Å²) in [6.45, 7) is 0.984. The molecule has 0 unspecified atom stereocenters. The zero-order chi connectivity index (χ0) is 20.7. The second-order valence-corrected chi connectivity index (χ2v) is 7.82. The van der Waals surface area contributed by atoms with Crippen LogP contribution < -0.4 is 10.2 Å². The lowest BCUT2D eigenvalue weighted by Crippen LogP contribution is -2.28. The van der Waals surface area contributed by atoms with Crippen LogP contribution in [0.3, 0.4) is 0 Å². The number of hydrogen-bond donors (Lipinski definition) is 1. The Hall–Kier alpha value is -3.48. The predicted molar refractivity (Wildman–Crippen MR) is 113 cm³/mol. The van der Waals surface area contributed by atoms with Crippen molar-refractivity contribution < 1.29 is 14.4 Å². The number of imide groups is 1. The van der Waals surface area contributed by atoms with Gasteiger partial charge >= 0.3 is 0 Å². The molecule has 2 aliphatic heterocycles. The molecule has 1 aromatic heterocycles. The molecule has 1 saturated heterocycles. The average Bonchev–Trinajstić information content (AvgIpc) is 3.16. The van der Waals surface area contributed by atoms with E-state index >= 15 is 0 Å². The van der Waals surface area contributed by atoms with E-state index in [9.17, 15) is 14.4 Å². The van der Waals surface area contributed by atoms with E-state index in [0.29, 0.717) is 16.9 Å². The number of nitrogens with one attached hydrogen (secondary N) is 1. The van der Waals surface area contributed by atoms with E-state index in [1.165, 1.54) is 6.42 Å². The molecule has 3 heterocycles. The van der Waals surface area contributed by atoms with Crippen LogP contribution in [-0.4, -0.2) is 27.3 Å². The van der Waals surface area contributed by atoms with Crippen LogP contribution in [0, 0.1) is 0 Å². The highest BCUT2D eigenvalue weighted by molar-refractivity contribution is 6.20. The van der Waals surface area contributed by atoms with E-state index in [4.69, 9.17) is 4.98 Å². The summed E-state index contributed by atoms with van der Waals surface area (Å²) in [6.07, 6.45) is 4.96. The third-order valence-electron chi connectivity index (χ3n) is 5.79. The van der Waals surface area contributed by atoms with Gasteiger partial charge in [0, 0.05) is 37.1 Å². The zero-order valence-corrected chi connectivity index (χ0v) is 16.6. The van der Waals surface area contributed by atoms with Crippen LogP contribution in [0.25, 0.3) is 11.0 Å². The summed E-state index contributed by atoms with van der Waals surface area (Å²) in [7, 11) is 0. The van der Waals surface area contributed by atoms with Crippen LogP contribution >= 0.6 is 0 Å². The number of aromatic nitrogens is 2. The van der Waals surface area contributed by atoms with Crippen molar-refractivity contribution in [1.82, 2.24) is 9.55 Å². The van der Waals surface area contributed by atoms with Crippen LogP contribution in [0.15, 0.2) is 42.5 Å². The van der Waals surface area contributed by atoms with Gasteiger partial charge in [-0.2, -0.15) is 0 Å². The number of carbonyl (C=O) groups is 3. The molecular weight excluding hydrogens is 380 g/mol. The van der Waals surface area contributed by atoms with Crippen molar-refractivity contribution in [2.75, 3.05) is 10.2 Å². The topological polar surface area (TPSA) is 84.3 Å². The second-order valence-electron chi connectivity index (χ2n) is 7.82. The summed E-state index contributed by atoms with van der Waals surface area (Å²) in [5.41, 5.74) is 3.47. The van der Waals surface area contributed by atoms with Gasteiger partial charge in [0.1, 0.15) is 5.82 Å². The molecule has 7 nitrogen and oxygen atoms in total. The van der Waals surface area contributed by atoms with Crippen molar-refractivity contribution in [1.29, 1.82) is 0 Å². The molecule has 0 spiro atoms. The Bertz CT molecular complexity index is 1160. The molecule has 3 aromatic rings. The number of imidazole rings is 1. The van der Waals surface area contributed by atoms with Gasteiger partial charge < -0.3 is 9.88 Å². The summed E-state index contributed by atoms with van der Waals surface area (Å²) < 4.78 is 2.28. The van der Waals surface area contributed by atoms with Crippen molar-refractivity contribution in [2.45, 2.75) is 45.1 Å². The van der Waals surface area contributed by atoms with Gasteiger partial charge in [-0.3, -0.25) is 19.3 Å². The van der Waals surface area contributed by atoms with Gasteiger partial charge in [0.05, 0.1) is 16.7 Å². The largest absolute Gasteiger partial charge is 0.328 e.